The van der Waals surface area contributed by atoms with Gasteiger partial charge in [0, 0.05) is 27.8 Å². The molecule has 1 atom stereocenters. The van der Waals surface area contributed by atoms with Crippen LogP contribution in [0.5, 0.6) is 0 Å². The number of hydrogen-bond donors (Lipinski definition) is 0. The van der Waals surface area contributed by atoms with Gasteiger partial charge in [-0.15, -0.1) is 0 Å². The maximum absolute atomic E-state index is 13.2. The number of fused-ring (bicyclic) bond motifs is 2. The smallest absolute Gasteiger partial charge is 0.159 e. The van der Waals surface area contributed by atoms with Crippen molar-refractivity contribution in [1.82, 2.24) is 9.97 Å². The van der Waals surface area contributed by atoms with Crippen LogP contribution in [-0.2, 0) is 4.57 Å². The van der Waals surface area contributed by atoms with E-state index in [1.165, 1.54) is 0 Å². The fraction of sp³-hybridized carbons (Fsp3) is 0. The quantitative estimate of drug-likeness (QED) is 0.416. The minimum absolute atomic E-state index is 0.730. The van der Waals surface area contributed by atoms with Gasteiger partial charge in [0.2, 0.25) is 0 Å². The lowest BCUT2D eigenvalue weighted by atomic mass is 10.1. The number of hydrogen-bond acceptors (Lipinski definition) is 3. The van der Waals surface area contributed by atoms with Gasteiger partial charge in [0.15, 0.2) is 5.65 Å². The Hall–Kier alpha value is -3.29. The summed E-state index contributed by atoms with van der Waals surface area (Å²) < 4.78 is 13.2. The van der Waals surface area contributed by atoms with Gasteiger partial charge in [-0.25, -0.2) is 9.97 Å². The van der Waals surface area contributed by atoms with E-state index in [1.54, 1.807) is 6.20 Å². The average Bonchev–Trinajstić information content (AvgIpc) is 2.78. The van der Waals surface area contributed by atoms with E-state index >= 15 is 0 Å². The molecule has 0 amide bonds. The standard InChI is InChI=1S/C24H17N2OP/c27-28(23-9-3-6-17-5-1-2-8-21(17)23)20-13-10-18(11-14-20)22-15-12-19-7-4-16-25-24(19)26-22/h1-16,28H. The van der Waals surface area contributed by atoms with Crippen molar-refractivity contribution in [3.8, 4) is 11.3 Å². The van der Waals surface area contributed by atoms with Gasteiger partial charge in [0.25, 0.3) is 0 Å². The van der Waals surface area contributed by atoms with E-state index in [9.17, 15) is 4.57 Å². The fourth-order valence-corrected chi connectivity index (χ4v) is 4.99. The molecule has 1 unspecified atom stereocenters. The third-order valence-electron chi connectivity index (χ3n) is 4.94. The molecule has 0 fully saturated rings. The molecule has 28 heavy (non-hydrogen) atoms. The molecule has 0 aliphatic rings. The molecule has 0 radical (unpaired) electrons. The Balaban J connectivity index is 1.51. The van der Waals surface area contributed by atoms with Crippen LogP contribution >= 0.6 is 7.80 Å². The van der Waals surface area contributed by atoms with Gasteiger partial charge in [-0.1, -0.05) is 66.7 Å². The minimum atomic E-state index is -2.08. The molecule has 5 aromatic rings. The fourth-order valence-electron chi connectivity index (χ4n) is 3.49. The van der Waals surface area contributed by atoms with Crippen LogP contribution in [0.25, 0.3) is 33.1 Å². The second-order valence-corrected chi connectivity index (χ2v) is 8.45. The number of pyridine rings is 2. The van der Waals surface area contributed by atoms with E-state index in [2.05, 4.69) is 22.1 Å². The van der Waals surface area contributed by atoms with E-state index in [0.717, 1.165) is 43.7 Å². The van der Waals surface area contributed by atoms with Gasteiger partial charge in [0.1, 0.15) is 7.80 Å². The maximum Gasteiger partial charge on any atom is 0.159 e. The van der Waals surface area contributed by atoms with Crippen molar-refractivity contribution in [2.24, 2.45) is 0 Å². The Morgan fingerprint density at radius 2 is 1.46 bits per heavy atom. The van der Waals surface area contributed by atoms with Crippen molar-refractivity contribution in [3.63, 3.8) is 0 Å². The molecule has 2 heterocycles. The maximum atomic E-state index is 13.2. The largest absolute Gasteiger partial charge is 0.317 e. The molecular formula is C24H17N2OP. The monoisotopic (exact) mass is 380 g/mol. The van der Waals surface area contributed by atoms with Crippen molar-refractivity contribution in [2.75, 3.05) is 0 Å². The summed E-state index contributed by atoms with van der Waals surface area (Å²) in [7, 11) is -2.08. The Morgan fingerprint density at radius 1 is 0.679 bits per heavy atom. The summed E-state index contributed by atoms with van der Waals surface area (Å²) in [6.07, 6.45) is 1.75. The highest BCUT2D eigenvalue weighted by Gasteiger charge is 2.11. The molecule has 3 nitrogen and oxygen atoms in total. The van der Waals surface area contributed by atoms with E-state index in [-0.39, 0.29) is 0 Å². The Labute approximate surface area is 163 Å². The van der Waals surface area contributed by atoms with E-state index < -0.39 is 7.80 Å². The zero-order valence-corrected chi connectivity index (χ0v) is 16.0. The van der Waals surface area contributed by atoms with Crippen molar-refractivity contribution < 1.29 is 4.57 Å². The molecular weight excluding hydrogens is 363 g/mol. The van der Waals surface area contributed by atoms with Gasteiger partial charge < -0.3 is 4.57 Å². The number of rotatable bonds is 3. The molecule has 0 aliphatic heterocycles. The van der Waals surface area contributed by atoms with Crippen molar-refractivity contribution in [1.29, 1.82) is 0 Å². The van der Waals surface area contributed by atoms with Crippen LogP contribution < -0.4 is 10.6 Å². The first-order valence-electron chi connectivity index (χ1n) is 9.14. The third-order valence-corrected chi connectivity index (χ3v) is 6.72. The highest BCUT2D eigenvalue weighted by molar-refractivity contribution is 7.62. The summed E-state index contributed by atoms with van der Waals surface area (Å²) in [6, 6.07) is 29.9. The molecule has 5 rings (SSSR count). The first kappa shape index (κ1) is 16.9. The van der Waals surface area contributed by atoms with Crippen molar-refractivity contribution in [3.05, 3.63) is 97.2 Å². The van der Waals surface area contributed by atoms with E-state index in [4.69, 9.17) is 0 Å². The van der Waals surface area contributed by atoms with Crippen molar-refractivity contribution >= 4 is 40.2 Å². The molecule has 0 saturated heterocycles. The lowest BCUT2D eigenvalue weighted by Crippen LogP contribution is -2.07. The van der Waals surface area contributed by atoms with Crippen LogP contribution in [0.2, 0.25) is 0 Å². The van der Waals surface area contributed by atoms with Crippen molar-refractivity contribution in [2.45, 2.75) is 0 Å². The second kappa shape index (κ2) is 7.03. The van der Waals surface area contributed by atoms with Gasteiger partial charge in [-0.05, 0) is 35.0 Å². The molecule has 2 aromatic heterocycles. The van der Waals surface area contributed by atoms with Crippen LogP contribution in [0.15, 0.2) is 97.2 Å². The van der Waals surface area contributed by atoms with Gasteiger partial charge in [-0.2, -0.15) is 0 Å². The lowest BCUT2D eigenvalue weighted by molar-refractivity contribution is 0.598. The molecule has 3 aromatic carbocycles. The third kappa shape index (κ3) is 3.00. The molecule has 0 N–H and O–H groups in total. The highest BCUT2D eigenvalue weighted by atomic mass is 31.1. The SMILES string of the molecule is O=[PH](c1ccc(-c2ccc3cccnc3n2)cc1)c1cccc2ccccc12. The summed E-state index contributed by atoms with van der Waals surface area (Å²) in [5.74, 6) is 0. The summed E-state index contributed by atoms with van der Waals surface area (Å²) in [5, 5.41) is 4.94. The minimum Gasteiger partial charge on any atom is -0.317 e. The summed E-state index contributed by atoms with van der Waals surface area (Å²) in [4.78, 5) is 8.96. The van der Waals surface area contributed by atoms with Crippen LogP contribution in [0.3, 0.4) is 0 Å². The predicted molar refractivity (Wildman–Crippen MR) is 117 cm³/mol. The number of benzene rings is 3. The highest BCUT2D eigenvalue weighted by Crippen LogP contribution is 2.27. The lowest BCUT2D eigenvalue weighted by Gasteiger charge is -2.08. The molecule has 0 aliphatic carbocycles. The molecule has 0 saturated carbocycles. The Bertz CT molecular complexity index is 1320. The van der Waals surface area contributed by atoms with Crippen LogP contribution in [0, 0.1) is 0 Å². The summed E-state index contributed by atoms with van der Waals surface area (Å²) in [5.41, 5.74) is 2.58. The molecule has 0 spiro atoms. The van der Waals surface area contributed by atoms with Crippen LogP contribution in [0.1, 0.15) is 0 Å². The zero-order chi connectivity index (χ0) is 18.9. The second-order valence-electron chi connectivity index (χ2n) is 6.68. The zero-order valence-electron chi connectivity index (χ0n) is 15.0. The predicted octanol–water partition coefficient (Wildman–Crippen LogP) is 4.96. The molecule has 0 bridgehead atoms. The first-order chi connectivity index (χ1) is 13.8. The van der Waals surface area contributed by atoms with E-state index in [1.807, 2.05) is 78.9 Å². The summed E-state index contributed by atoms with van der Waals surface area (Å²) in [6.45, 7) is 0. The summed E-state index contributed by atoms with van der Waals surface area (Å²) >= 11 is 0. The molecule has 4 heteroatoms. The average molecular weight is 380 g/mol. The van der Waals surface area contributed by atoms with Crippen LogP contribution in [-0.4, -0.2) is 9.97 Å². The Kier molecular flexibility index (Phi) is 4.23. The van der Waals surface area contributed by atoms with Gasteiger partial charge in [0.05, 0.1) is 5.69 Å². The number of aromatic nitrogens is 2. The topological polar surface area (TPSA) is 42.9 Å². The van der Waals surface area contributed by atoms with Gasteiger partial charge in [-0.3, -0.25) is 0 Å². The first-order valence-corrected chi connectivity index (χ1v) is 10.6. The number of nitrogens with zero attached hydrogens (tertiary/aromatic N) is 2. The normalized spacial score (nSPS) is 12.3. The Morgan fingerprint density at radius 3 is 2.36 bits per heavy atom. The van der Waals surface area contributed by atoms with Crippen LogP contribution in [0.4, 0.5) is 0 Å². The van der Waals surface area contributed by atoms with E-state index in [0.29, 0.717) is 0 Å². The molecule has 134 valence electrons. The van der Waals surface area contributed by atoms with Gasteiger partial charge >= 0.3 is 0 Å².